The first kappa shape index (κ1) is 15.1. The highest BCUT2D eigenvalue weighted by molar-refractivity contribution is 5.85. The minimum atomic E-state index is -1.41. The molecule has 3 rings (SSSR count). The van der Waals surface area contributed by atoms with E-state index in [2.05, 4.69) is 16.6 Å². The second kappa shape index (κ2) is 5.12. The predicted molar refractivity (Wildman–Crippen MR) is 79.9 cm³/mol. The maximum absolute atomic E-state index is 13.7. The monoisotopic (exact) mass is 318 g/mol. The zero-order chi connectivity index (χ0) is 16.8. The highest BCUT2D eigenvalue weighted by atomic mass is 19.1. The molecule has 0 saturated carbocycles. The predicted octanol–water partition coefficient (Wildman–Crippen LogP) is 2.52. The van der Waals surface area contributed by atoms with Crippen LogP contribution in [0.5, 0.6) is 0 Å². The molecular weight excluding hydrogens is 305 g/mol. The van der Waals surface area contributed by atoms with Crippen molar-refractivity contribution in [3.8, 4) is 0 Å². The molecule has 2 aromatic rings. The van der Waals surface area contributed by atoms with E-state index in [-0.39, 0.29) is 11.5 Å². The molecule has 7 heteroatoms. The van der Waals surface area contributed by atoms with Crippen LogP contribution < -0.4 is 5.73 Å². The largest absolute Gasteiger partial charge is 0.369 e. The molecule has 1 aliphatic rings. The van der Waals surface area contributed by atoms with Gasteiger partial charge >= 0.3 is 0 Å². The van der Waals surface area contributed by atoms with Crippen LogP contribution >= 0.6 is 0 Å². The molecule has 1 aliphatic heterocycles. The molecule has 0 saturated heterocycles. The van der Waals surface area contributed by atoms with Gasteiger partial charge in [-0.25, -0.2) is 18.8 Å². The Hall–Kier alpha value is -2.83. The molecule has 4 nitrogen and oxygen atoms in total. The molecule has 118 valence electrons. The first-order chi connectivity index (χ1) is 10.8. The molecule has 23 heavy (non-hydrogen) atoms. The summed E-state index contributed by atoms with van der Waals surface area (Å²) in [6, 6.07) is 5.65. The summed E-state index contributed by atoms with van der Waals surface area (Å²) in [6.07, 6.45) is 1.25. The van der Waals surface area contributed by atoms with Gasteiger partial charge in [-0.3, -0.25) is 0 Å². The van der Waals surface area contributed by atoms with Crippen molar-refractivity contribution in [1.29, 1.82) is 0 Å². The van der Waals surface area contributed by atoms with Crippen molar-refractivity contribution in [2.24, 2.45) is 10.7 Å². The Morgan fingerprint density at radius 3 is 2.26 bits per heavy atom. The summed E-state index contributed by atoms with van der Waals surface area (Å²) >= 11 is 0. The first-order valence-electron chi connectivity index (χ1n) is 6.71. The van der Waals surface area contributed by atoms with Gasteiger partial charge < -0.3 is 10.6 Å². The fourth-order valence-electron chi connectivity index (χ4n) is 2.71. The third kappa shape index (κ3) is 2.25. The van der Waals surface area contributed by atoms with Crippen LogP contribution in [0.25, 0.3) is 0 Å². The number of nitrogens with zero attached hydrogens (tertiary/aromatic N) is 3. The molecule has 2 heterocycles. The average molecular weight is 318 g/mol. The van der Waals surface area contributed by atoms with E-state index < -0.39 is 23.1 Å². The van der Waals surface area contributed by atoms with Crippen LogP contribution in [0.3, 0.4) is 0 Å². The Labute approximate surface area is 130 Å². The van der Waals surface area contributed by atoms with Gasteiger partial charge in [0.1, 0.15) is 11.6 Å². The molecule has 1 aromatic heterocycles. The number of likely N-dealkylation sites (N-methyl/N-ethyl adjacent to an activating group) is 1. The molecule has 0 amide bonds. The number of guanidine groups is 1. The number of aliphatic imine (C=N–C) groups is 1. The highest BCUT2D eigenvalue weighted by Crippen LogP contribution is 2.44. The van der Waals surface area contributed by atoms with Gasteiger partial charge in [0.05, 0.1) is 5.70 Å². The third-order valence-electron chi connectivity index (χ3n) is 3.87. The van der Waals surface area contributed by atoms with E-state index in [0.29, 0.717) is 11.3 Å². The Kier molecular flexibility index (Phi) is 3.35. The average Bonchev–Trinajstić information content (AvgIpc) is 2.71. The van der Waals surface area contributed by atoms with Crippen LogP contribution in [0, 0.1) is 17.6 Å². The van der Waals surface area contributed by atoms with Crippen molar-refractivity contribution in [2.45, 2.75) is 5.54 Å². The lowest BCUT2D eigenvalue weighted by molar-refractivity contribution is 0.517. The van der Waals surface area contributed by atoms with Crippen LogP contribution in [0.2, 0.25) is 0 Å². The third-order valence-corrected chi connectivity index (χ3v) is 3.87. The van der Waals surface area contributed by atoms with E-state index in [1.54, 1.807) is 7.05 Å². The van der Waals surface area contributed by atoms with E-state index >= 15 is 0 Å². The van der Waals surface area contributed by atoms with E-state index in [0.717, 1.165) is 24.3 Å². The number of pyridine rings is 1. The van der Waals surface area contributed by atoms with E-state index in [1.807, 2.05) is 0 Å². The van der Waals surface area contributed by atoms with Crippen molar-refractivity contribution in [3.63, 3.8) is 0 Å². The van der Waals surface area contributed by atoms with Gasteiger partial charge in [-0.15, -0.1) is 0 Å². The summed E-state index contributed by atoms with van der Waals surface area (Å²) in [7, 11) is 1.62. The zero-order valence-corrected chi connectivity index (χ0v) is 12.2. The fraction of sp³-hybridized carbons (Fsp3) is 0.125. The van der Waals surface area contributed by atoms with Crippen LogP contribution in [0.4, 0.5) is 13.2 Å². The van der Waals surface area contributed by atoms with Gasteiger partial charge in [-0.2, -0.15) is 4.39 Å². The quantitative estimate of drug-likeness (QED) is 0.866. The van der Waals surface area contributed by atoms with Gasteiger partial charge in [0.15, 0.2) is 11.5 Å². The molecule has 0 aliphatic carbocycles. The van der Waals surface area contributed by atoms with Crippen molar-refractivity contribution in [3.05, 3.63) is 77.5 Å². The normalized spacial score (nSPS) is 20.8. The summed E-state index contributed by atoms with van der Waals surface area (Å²) in [5, 5.41) is 0. The summed E-state index contributed by atoms with van der Waals surface area (Å²) < 4.78 is 41.0. The van der Waals surface area contributed by atoms with Gasteiger partial charge in [-0.05, 0) is 35.4 Å². The molecule has 1 atom stereocenters. The molecule has 0 radical (unpaired) electrons. The minimum Gasteiger partial charge on any atom is -0.369 e. The minimum absolute atomic E-state index is 0.108. The fourth-order valence-corrected chi connectivity index (χ4v) is 2.71. The molecule has 0 spiro atoms. The lowest BCUT2D eigenvalue weighted by Gasteiger charge is -2.30. The van der Waals surface area contributed by atoms with Crippen molar-refractivity contribution in [2.75, 3.05) is 7.05 Å². The molecule has 0 bridgehead atoms. The van der Waals surface area contributed by atoms with Crippen LogP contribution in [-0.2, 0) is 5.54 Å². The SMILES string of the molecule is C=C1N(C)C(N)=NC1(c1cc(F)cc(F)c1)c1ccnc(F)c1. The van der Waals surface area contributed by atoms with Crippen LogP contribution in [0.15, 0.2) is 53.8 Å². The van der Waals surface area contributed by atoms with Crippen molar-refractivity contribution in [1.82, 2.24) is 9.88 Å². The Morgan fingerprint density at radius 1 is 1.09 bits per heavy atom. The van der Waals surface area contributed by atoms with Crippen LogP contribution in [0.1, 0.15) is 11.1 Å². The topological polar surface area (TPSA) is 54.5 Å². The second-order valence-electron chi connectivity index (χ2n) is 5.21. The molecular formula is C16H13F3N4. The Bertz CT molecular complexity index is 814. The van der Waals surface area contributed by atoms with Gasteiger partial charge in [0, 0.05) is 19.3 Å². The summed E-state index contributed by atoms with van der Waals surface area (Å²) in [4.78, 5) is 9.32. The lowest BCUT2D eigenvalue weighted by atomic mass is 9.81. The van der Waals surface area contributed by atoms with Crippen molar-refractivity contribution < 1.29 is 13.2 Å². The first-order valence-corrected chi connectivity index (χ1v) is 6.71. The van der Waals surface area contributed by atoms with E-state index in [1.165, 1.54) is 17.2 Å². The van der Waals surface area contributed by atoms with Gasteiger partial charge in [0.25, 0.3) is 0 Å². The molecule has 2 N–H and O–H groups in total. The Balaban J connectivity index is 2.34. The second-order valence-corrected chi connectivity index (χ2v) is 5.21. The number of nitrogens with two attached hydrogens (primary N) is 1. The smallest absolute Gasteiger partial charge is 0.213 e. The maximum Gasteiger partial charge on any atom is 0.213 e. The van der Waals surface area contributed by atoms with Crippen LogP contribution in [-0.4, -0.2) is 22.9 Å². The number of halogens is 3. The summed E-state index contributed by atoms with van der Waals surface area (Å²) in [5.41, 5.74) is 5.28. The number of benzene rings is 1. The number of hydrogen-bond donors (Lipinski definition) is 1. The molecule has 1 unspecified atom stereocenters. The Morgan fingerprint density at radius 2 is 1.74 bits per heavy atom. The van der Waals surface area contributed by atoms with Gasteiger partial charge in [0.2, 0.25) is 5.95 Å². The number of rotatable bonds is 2. The maximum atomic E-state index is 13.7. The van der Waals surface area contributed by atoms with E-state index in [4.69, 9.17) is 5.73 Å². The molecule has 1 aromatic carbocycles. The number of aromatic nitrogens is 1. The molecule has 0 fully saturated rings. The summed E-state index contributed by atoms with van der Waals surface area (Å²) in [6.45, 7) is 3.92. The van der Waals surface area contributed by atoms with Crippen molar-refractivity contribution >= 4 is 5.96 Å². The number of hydrogen-bond acceptors (Lipinski definition) is 4. The lowest BCUT2D eigenvalue weighted by Crippen LogP contribution is -2.32. The summed E-state index contributed by atoms with van der Waals surface area (Å²) in [5.74, 6) is -2.18. The highest BCUT2D eigenvalue weighted by Gasteiger charge is 2.45. The zero-order valence-electron chi connectivity index (χ0n) is 12.2. The standard InChI is InChI=1S/C16H13F3N4/c1-9-16(22-15(20)23(9)2,10-3-4-21-14(19)7-10)11-5-12(17)8-13(18)6-11/h3-8H,1H2,2H3,(H2,20,22). The van der Waals surface area contributed by atoms with Gasteiger partial charge in [-0.1, -0.05) is 6.58 Å². The van der Waals surface area contributed by atoms with E-state index in [9.17, 15) is 13.2 Å².